The molecular formula is C17H20N3O3+. The summed E-state index contributed by atoms with van der Waals surface area (Å²) in [7, 11) is 0. The minimum absolute atomic E-state index is 0.0462. The lowest BCUT2D eigenvalue weighted by Gasteiger charge is -2.21. The molecule has 0 unspecified atom stereocenters. The smallest absolute Gasteiger partial charge is 0.298 e. The molecule has 0 aliphatic carbocycles. The van der Waals surface area contributed by atoms with Gasteiger partial charge in [0.2, 0.25) is 0 Å². The Morgan fingerprint density at radius 2 is 2.00 bits per heavy atom. The molecule has 2 aliphatic heterocycles. The lowest BCUT2D eigenvalue weighted by Crippen LogP contribution is -3.11. The number of carbonyl (C=O) groups is 1. The summed E-state index contributed by atoms with van der Waals surface area (Å²) in [5.41, 5.74) is 0.793. The van der Waals surface area contributed by atoms with E-state index in [-0.39, 0.29) is 11.9 Å². The molecule has 1 N–H and O–H groups in total. The number of nitrogens with one attached hydrogen (secondary N) is 1. The van der Waals surface area contributed by atoms with Crippen LogP contribution >= 0.6 is 0 Å². The minimum Gasteiger partial charge on any atom is -0.467 e. The molecule has 2 aromatic heterocycles. The van der Waals surface area contributed by atoms with Crippen LogP contribution in [0, 0.1) is 0 Å². The Morgan fingerprint density at radius 3 is 2.70 bits per heavy atom. The second-order valence-corrected chi connectivity index (χ2v) is 6.13. The highest BCUT2D eigenvalue weighted by molar-refractivity contribution is 6.01. The molecule has 0 saturated carbocycles. The van der Waals surface area contributed by atoms with E-state index in [9.17, 15) is 4.79 Å². The molecule has 1 amide bonds. The van der Waals surface area contributed by atoms with E-state index >= 15 is 0 Å². The van der Waals surface area contributed by atoms with Crippen molar-refractivity contribution in [3.8, 4) is 0 Å². The molecule has 0 bridgehead atoms. The van der Waals surface area contributed by atoms with Gasteiger partial charge in [-0.15, -0.1) is 0 Å². The highest BCUT2D eigenvalue weighted by Gasteiger charge is 2.37. The molecule has 4 heterocycles. The monoisotopic (exact) mass is 314 g/mol. The van der Waals surface area contributed by atoms with Crippen LogP contribution in [-0.2, 0) is 4.79 Å². The first-order chi connectivity index (χ1) is 11.3. The number of carbonyl (C=O) groups excluding carboxylic acids is 1. The van der Waals surface area contributed by atoms with E-state index in [0.717, 1.165) is 24.6 Å². The summed E-state index contributed by atoms with van der Waals surface area (Å²) in [5.74, 6) is 1.52. The number of furan rings is 2. The first kappa shape index (κ1) is 14.3. The second-order valence-electron chi connectivity index (χ2n) is 6.13. The van der Waals surface area contributed by atoms with E-state index in [1.54, 1.807) is 17.5 Å². The summed E-state index contributed by atoms with van der Waals surface area (Å²) in [6.07, 6.45) is 6.27. The zero-order valence-electron chi connectivity index (χ0n) is 12.9. The summed E-state index contributed by atoms with van der Waals surface area (Å²) in [6, 6.07) is 7.26. The lowest BCUT2D eigenvalue weighted by molar-refractivity contribution is -0.879. The molecule has 0 radical (unpaired) electrons. The number of quaternary nitrogens is 1. The lowest BCUT2D eigenvalue weighted by atomic mass is 10.1. The van der Waals surface area contributed by atoms with Gasteiger partial charge in [-0.1, -0.05) is 0 Å². The van der Waals surface area contributed by atoms with Gasteiger partial charge >= 0.3 is 0 Å². The predicted octanol–water partition coefficient (Wildman–Crippen LogP) is 1.23. The molecule has 2 aromatic rings. The molecule has 6 nitrogen and oxygen atoms in total. The third-order valence-electron chi connectivity index (χ3n) is 4.55. The molecule has 23 heavy (non-hydrogen) atoms. The fraction of sp³-hybridized carbons (Fsp3) is 0.412. The van der Waals surface area contributed by atoms with Crippen LogP contribution in [0.3, 0.4) is 0 Å². The van der Waals surface area contributed by atoms with Gasteiger partial charge in [-0.2, -0.15) is 5.10 Å². The van der Waals surface area contributed by atoms with Gasteiger partial charge in [0, 0.05) is 19.3 Å². The van der Waals surface area contributed by atoms with Crippen LogP contribution in [0.25, 0.3) is 0 Å². The fourth-order valence-corrected chi connectivity index (χ4v) is 3.38. The number of hydrogen-bond acceptors (Lipinski definition) is 4. The number of likely N-dealkylation sites (tertiary alicyclic amines) is 1. The molecule has 6 heteroatoms. The average Bonchev–Trinajstić information content (AvgIpc) is 3.30. The van der Waals surface area contributed by atoms with E-state index in [4.69, 9.17) is 8.83 Å². The molecule has 1 atom stereocenters. The number of amides is 1. The number of nitrogens with zero attached hydrogens (tertiary/aromatic N) is 2. The quantitative estimate of drug-likeness (QED) is 0.923. The van der Waals surface area contributed by atoms with Crippen molar-refractivity contribution >= 4 is 11.6 Å². The highest BCUT2D eigenvalue weighted by atomic mass is 16.3. The van der Waals surface area contributed by atoms with Gasteiger partial charge in [-0.25, -0.2) is 5.01 Å². The maximum Gasteiger partial charge on any atom is 0.298 e. The average molecular weight is 314 g/mol. The van der Waals surface area contributed by atoms with E-state index < -0.39 is 0 Å². The van der Waals surface area contributed by atoms with Crippen LogP contribution in [0.5, 0.6) is 0 Å². The zero-order valence-corrected chi connectivity index (χ0v) is 12.9. The molecule has 2 aliphatic rings. The van der Waals surface area contributed by atoms with E-state index in [2.05, 4.69) is 5.10 Å². The van der Waals surface area contributed by atoms with Crippen LogP contribution in [0.15, 0.2) is 50.7 Å². The third-order valence-corrected chi connectivity index (χ3v) is 4.55. The standard InChI is InChI=1S/C17H19N3O3/c21-17(12-19-7-1-2-8-19)20-14(16-6-4-10-23-16)11-13(18-20)15-5-3-9-22-15/h3-6,9-10,14H,1-2,7-8,11-12H2/p+1/t14-/m1/s1. The summed E-state index contributed by atoms with van der Waals surface area (Å²) in [6.45, 7) is 2.63. The Balaban J connectivity index is 1.57. The Bertz CT molecular complexity index is 685. The van der Waals surface area contributed by atoms with Crippen molar-refractivity contribution in [3.05, 3.63) is 48.3 Å². The minimum atomic E-state index is -0.181. The van der Waals surface area contributed by atoms with E-state index in [1.807, 2.05) is 24.3 Å². The molecule has 1 saturated heterocycles. The Morgan fingerprint density at radius 1 is 1.22 bits per heavy atom. The van der Waals surface area contributed by atoms with Crippen LogP contribution in [-0.4, -0.2) is 36.3 Å². The maximum atomic E-state index is 12.7. The Labute approximate surface area is 134 Å². The van der Waals surface area contributed by atoms with Crippen molar-refractivity contribution in [1.82, 2.24) is 5.01 Å². The summed E-state index contributed by atoms with van der Waals surface area (Å²) in [5, 5.41) is 6.13. The van der Waals surface area contributed by atoms with Gasteiger partial charge in [0.25, 0.3) is 5.91 Å². The van der Waals surface area contributed by atoms with Gasteiger partial charge in [-0.3, -0.25) is 4.79 Å². The van der Waals surface area contributed by atoms with Gasteiger partial charge in [0.05, 0.1) is 25.6 Å². The molecule has 0 aromatic carbocycles. The normalized spacial score (nSPS) is 21.8. The number of rotatable bonds is 4. The molecule has 120 valence electrons. The van der Waals surface area contributed by atoms with Crippen molar-refractivity contribution in [2.24, 2.45) is 5.10 Å². The molecule has 1 fully saturated rings. The topological polar surface area (TPSA) is 63.4 Å². The van der Waals surface area contributed by atoms with Crippen LogP contribution in [0.1, 0.15) is 36.8 Å². The van der Waals surface area contributed by atoms with Crippen LogP contribution < -0.4 is 4.90 Å². The van der Waals surface area contributed by atoms with Crippen molar-refractivity contribution in [2.45, 2.75) is 25.3 Å². The highest BCUT2D eigenvalue weighted by Crippen LogP contribution is 2.32. The Hall–Kier alpha value is -2.34. The maximum absolute atomic E-state index is 12.7. The van der Waals surface area contributed by atoms with Crippen molar-refractivity contribution < 1.29 is 18.5 Å². The summed E-state index contributed by atoms with van der Waals surface area (Å²) >= 11 is 0. The van der Waals surface area contributed by atoms with Crippen molar-refractivity contribution in [1.29, 1.82) is 0 Å². The first-order valence-corrected chi connectivity index (χ1v) is 8.11. The van der Waals surface area contributed by atoms with E-state index in [1.165, 1.54) is 17.7 Å². The fourth-order valence-electron chi connectivity index (χ4n) is 3.38. The Kier molecular flexibility index (Phi) is 3.75. The second kappa shape index (κ2) is 6.04. The molecular weight excluding hydrogens is 294 g/mol. The summed E-state index contributed by atoms with van der Waals surface area (Å²) in [4.78, 5) is 14.1. The van der Waals surface area contributed by atoms with E-state index in [0.29, 0.717) is 18.7 Å². The third kappa shape index (κ3) is 2.82. The van der Waals surface area contributed by atoms with Gasteiger partial charge < -0.3 is 13.7 Å². The van der Waals surface area contributed by atoms with Gasteiger partial charge in [0.15, 0.2) is 6.54 Å². The van der Waals surface area contributed by atoms with Crippen molar-refractivity contribution in [2.75, 3.05) is 19.6 Å². The van der Waals surface area contributed by atoms with Gasteiger partial charge in [0.1, 0.15) is 23.3 Å². The van der Waals surface area contributed by atoms with Crippen molar-refractivity contribution in [3.63, 3.8) is 0 Å². The zero-order chi connectivity index (χ0) is 15.6. The number of hydrazone groups is 1. The van der Waals surface area contributed by atoms with Gasteiger partial charge in [-0.05, 0) is 24.3 Å². The molecule has 0 spiro atoms. The van der Waals surface area contributed by atoms with Crippen LogP contribution in [0.2, 0.25) is 0 Å². The first-order valence-electron chi connectivity index (χ1n) is 8.11. The number of hydrogen-bond donors (Lipinski definition) is 1. The van der Waals surface area contributed by atoms with Crippen LogP contribution in [0.4, 0.5) is 0 Å². The summed E-state index contributed by atoms with van der Waals surface area (Å²) < 4.78 is 11.0. The predicted molar refractivity (Wildman–Crippen MR) is 83.0 cm³/mol. The molecule has 4 rings (SSSR count). The largest absolute Gasteiger partial charge is 0.467 e. The SMILES string of the molecule is O=C(C[NH+]1CCCC1)N1N=C(c2ccco2)C[C@@H]1c1ccco1.